The summed E-state index contributed by atoms with van der Waals surface area (Å²) in [5.41, 5.74) is 1.27. The Balaban J connectivity index is 1.95. The van der Waals surface area contributed by atoms with Gasteiger partial charge in [0.05, 0.1) is 13.1 Å². The Bertz CT molecular complexity index is 395. The van der Waals surface area contributed by atoms with Crippen LogP contribution in [0.15, 0.2) is 10.5 Å². The predicted molar refractivity (Wildman–Crippen MR) is 82.6 cm³/mol. The first-order valence-corrected chi connectivity index (χ1v) is 8.19. The molecule has 2 atom stereocenters. The second kappa shape index (κ2) is 6.82. The molecule has 0 bridgehead atoms. The lowest BCUT2D eigenvalue weighted by atomic mass is 10.2. The minimum absolute atomic E-state index is 0.723. The molecule has 2 rings (SSSR count). The molecule has 0 aliphatic carbocycles. The van der Waals surface area contributed by atoms with Crippen LogP contribution in [0.2, 0.25) is 0 Å². The van der Waals surface area contributed by atoms with E-state index in [4.69, 9.17) is 4.42 Å². The number of hydrogen-bond acceptors (Lipinski definition) is 4. The van der Waals surface area contributed by atoms with Crippen molar-refractivity contribution in [2.75, 3.05) is 19.6 Å². The fraction of sp³-hybridized carbons (Fsp3) is 0.733. The van der Waals surface area contributed by atoms with E-state index in [0.717, 1.165) is 54.7 Å². The van der Waals surface area contributed by atoms with Gasteiger partial charge < -0.3 is 9.73 Å². The molecular weight excluding hydrogens is 256 g/mol. The summed E-state index contributed by atoms with van der Waals surface area (Å²) >= 11 is 2.09. The maximum atomic E-state index is 5.98. The number of nitrogens with one attached hydrogen (secondary N) is 1. The number of thioether (sulfide) groups is 1. The third-order valence-electron chi connectivity index (χ3n) is 3.48. The zero-order chi connectivity index (χ0) is 13.8. The van der Waals surface area contributed by atoms with Crippen LogP contribution in [0.4, 0.5) is 0 Å². The number of aryl methyl sites for hydroxylation is 1. The Morgan fingerprint density at radius 1 is 1.37 bits per heavy atom. The molecule has 2 heterocycles. The topological polar surface area (TPSA) is 28.4 Å². The van der Waals surface area contributed by atoms with Gasteiger partial charge >= 0.3 is 0 Å². The molecule has 2 unspecified atom stereocenters. The van der Waals surface area contributed by atoms with Crippen molar-refractivity contribution in [2.24, 2.45) is 0 Å². The fourth-order valence-corrected chi connectivity index (χ4v) is 4.10. The second-order valence-electron chi connectivity index (χ2n) is 5.55. The lowest BCUT2D eigenvalue weighted by molar-refractivity contribution is 0.238. The molecule has 1 aromatic heterocycles. The van der Waals surface area contributed by atoms with Gasteiger partial charge in [-0.05, 0) is 25.1 Å². The van der Waals surface area contributed by atoms with Crippen LogP contribution >= 0.6 is 11.8 Å². The van der Waals surface area contributed by atoms with Crippen LogP contribution in [0.25, 0.3) is 0 Å². The first-order chi connectivity index (χ1) is 9.08. The summed E-state index contributed by atoms with van der Waals surface area (Å²) in [6, 6.07) is 2.20. The van der Waals surface area contributed by atoms with Gasteiger partial charge in [-0.3, -0.25) is 4.90 Å². The van der Waals surface area contributed by atoms with Gasteiger partial charge in [-0.25, -0.2) is 0 Å². The summed E-state index contributed by atoms with van der Waals surface area (Å²) in [6.45, 7) is 14.0. The average Bonchev–Trinajstić information content (AvgIpc) is 2.65. The highest BCUT2D eigenvalue weighted by Crippen LogP contribution is 2.26. The summed E-state index contributed by atoms with van der Waals surface area (Å²) in [7, 11) is 0. The fourth-order valence-electron chi connectivity index (χ4n) is 2.72. The van der Waals surface area contributed by atoms with Gasteiger partial charge in [-0.1, -0.05) is 20.8 Å². The smallest absolute Gasteiger partial charge is 0.120 e. The molecule has 1 fully saturated rings. The molecule has 19 heavy (non-hydrogen) atoms. The van der Waals surface area contributed by atoms with Crippen LogP contribution in [0.1, 0.15) is 37.9 Å². The maximum absolute atomic E-state index is 5.98. The van der Waals surface area contributed by atoms with Crippen LogP contribution in [0.3, 0.4) is 0 Å². The lowest BCUT2D eigenvalue weighted by Crippen LogP contribution is -2.39. The Morgan fingerprint density at radius 2 is 2.05 bits per heavy atom. The van der Waals surface area contributed by atoms with Crippen LogP contribution < -0.4 is 5.32 Å². The van der Waals surface area contributed by atoms with E-state index >= 15 is 0 Å². The van der Waals surface area contributed by atoms with Crippen molar-refractivity contribution < 1.29 is 4.42 Å². The molecule has 0 spiro atoms. The first-order valence-electron chi connectivity index (χ1n) is 7.25. The molecule has 4 heteroatoms. The number of furan rings is 1. The monoisotopic (exact) mass is 282 g/mol. The highest BCUT2D eigenvalue weighted by Gasteiger charge is 2.23. The van der Waals surface area contributed by atoms with Gasteiger partial charge in [0.1, 0.15) is 11.5 Å². The molecule has 108 valence electrons. The van der Waals surface area contributed by atoms with Gasteiger partial charge in [0.15, 0.2) is 0 Å². The van der Waals surface area contributed by atoms with E-state index in [0.29, 0.717) is 0 Å². The van der Waals surface area contributed by atoms with Crippen LogP contribution in [-0.2, 0) is 13.1 Å². The third kappa shape index (κ3) is 4.26. The summed E-state index contributed by atoms with van der Waals surface area (Å²) in [5.74, 6) is 2.20. The zero-order valence-electron chi connectivity index (χ0n) is 12.5. The van der Waals surface area contributed by atoms with Crippen LogP contribution in [-0.4, -0.2) is 35.0 Å². The molecule has 3 nitrogen and oxygen atoms in total. The van der Waals surface area contributed by atoms with E-state index in [9.17, 15) is 0 Å². The Morgan fingerprint density at radius 3 is 2.68 bits per heavy atom. The zero-order valence-corrected chi connectivity index (χ0v) is 13.3. The highest BCUT2D eigenvalue weighted by molar-refractivity contribution is 8.00. The van der Waals surface area contributed by atoms with Gasteiger partial charge in [-0.15, -0.1) is 0 Å². The molecular formula is C15H26N2OS. The molecule has 0 amide bonds. The predicted octanol–water partition coefficient (Wildman–Crippen LogP) is 3.02. The van der Waals surface area contributed by atoms with Crippen molar-refractivity contribution in [2.45, 2.75) is 51.3 Å². The number of rotatable bonds is 5. The lowest BCUT2D eigenvalue weighted by Gasteiger charge is -2.33. The van der Waals surface area contributed by atoms with Crippen LogP contribution in [0, 0.1) is 6.92 Å². The van der Waals surface area contributed by atoms with Crippen molar-refractivity contribution in [3.05, 3.63) is 23.2 Å². The minimum Gasteiger partial charge on any atom is -0.463 e. The molecule has 1 saturated heterocycles. The Hall–Kier alpha value is -0.450. The summed E-state index contributed by atoms with van der Waals surface area (Å²) < 4.78 is 5.98. The van der Waals surface area contributed by atoms with Crippen molar-refractivity contribution in [1.29, 1.82) is 0 Å². The largest absolute Gasteiger partial charge is 0.463 e. The standard InChI is InChI=1S/C15H26N2OS/c1-5-16-7-15-11(2)6-14(18-15)10-17-8-12(3)19-13(4)9-17/h6,12-13,16H,5,7-10H2,1-4H3. The second-order valence-corrected chi connectivity index (χ2v) is 7.43. The highest BCUT2D eigenvalue weighted by atomic mass is 32.2. The average molecular weight is 282 g/mol. The van der Waals surface area contributed by atoms with Gasteiger partial charge in [-0.2, -0.15) is 11.8 Å². The van der Waals surface area contributed by atoms with Gasteiger partial charge in [0.2, 0.25) is 0 Å². The van der Waals surface area contributed by atoms with Crippen molar-refractivity contribution >= 4 is 11.8 Å². The molecule has 1 aliphatic heterocycles. The quantitative estimate of drug-likeness (QED) is 0.898. The third-order valence-corrected chi connectivity index (χ3v) is 4.71. The molecule has 0 saturated carbocycles. The van der Waals surface area contributed by atoms with Crippen LogP contribution in [0.5, 0.6) is 0 Å². The summed E-state index contributed by atoms with van der Waals surface area (Å²) in [4.78, 5) is 2.52. The van der Waals surface area contributed by atoms with E-state index in [1.165, 1.54) is 5.56 Å². The SMILES string of the molecule is CCNCc1oc(CN2CC(C)SC(C)C2)cc1C. The number of hydrogen-bond donors (Lipinski definition) is 1. The van der Waals surface area contributed by atoms with Gasteiger partial charge in [0.25, 0.3) is 0 Å². The Labute approximate surface area is 121 Å². The molecule has 0 aromatic carbocycles. The van der Waals surface area contributed by atoms with Crippen molar-refractivity contribution in [3.8, 4) is 0 Å². The normalized spacial score (nSPS) is 24.8. The molecule has 1 N–H and O–H groups in total. The number of nitrogens with zero attached hydrogens (tertiary/aromatic N) is 1. The molecule has 0 radical (unpaired) electrons. The molecule has 1 aromatic rings. The summed E-state index contributed by atoms with van der Waals surface area (Å²) in [5, 5.41) is 4.77. The minimum atomic E-state index is 0.723. The van der Waals surface area contributed by atoms with E-state index in [2.05, 4.69) is 55.7 Å². The van der Waals surface area contributed by atoms with Crippen molar-refractivity contribution in [1.82, 2.24) is 10.2 Å². The summed E-state index contributed by atoms with van der Waals surface area (Å²) in [6.07, 6.45) is 0. The Kier molecular flexibility index (Phi) is 5.37. The maximum Gasteiger partial charge on any atom is 0.120 e. The van der Waals surface area contributed by atoms with E-state index in [1.54, 1.807) is 0 Å². The molecule has 1 aliphatic rings. The van der Waals surface area contributed by atoms with Crippen molar-refractivity contribution in [3.63, 3.8) is 0 Å². The van der Waals surface area contributed by atoms with E-state index in [1.807, 2.05) is 0 Å². The van der Waals surface area contributed by atoms with E-state index in [-0.39, 0.29) is 0 Å². The van der Waals surface area contributed by atoms with Gasteiger partial charge in [0, 0.05) is 23.6 Å². The first kappa shape index (κ1) is 14.9. The van der Waals surface area contributed by atoms with E-state index < -0.39 is 0 Å².